The van der Waals surface area contributed by atoms with E-state index in [9.17, 15) is 4.79 Å². The molecule has 106 valence electrons. The normalized spacial score (nSPS) is 26.1. The minimum Gasteiger partial charge on any atom is -0.323 e. The van der Waals surface area contributed by atoms with Gasteiger partial charge in [0.05, 0.1) is 12.2 Å². The SMILES string of the molecule is CCCCC(CCC)N1C(=O)C(C(C)C)NC1C. The van der Waals surface area contributed by atoms with E-state index in [0.717, 1.165) is 19.3 Å². The van der Waals surface area contributed by atoms with Gasteiger partial charge in [0.25, 0.3) is 0 Å². The van der Waals surface area contributed by atoms with Gasteiger partial charge in [0.2, 0.25) is 5.91 Å². The highest BCUT2D eigenvalue weighted by Gasteiger charge is 2.40. The highest BCUT2D eigenvalue weighted by Crippen LogP contribution is 2.24. The molecule has 1 aliphatic rings. The zero-order valence-electron chi connectivity index (χ0n) is 12.7. The summed E-state index contributed by atoms with van der Waals surface area (Å²) in [6.45, 7) is 10.8. The number of hydrogen-bond acceptors (Lipinski definition) is 2. The van der Waals surface area contributed by atoms with Gasteiger partial charge >= 0.3 is 0 Å². The van der Waals surface area contributed by atoms with Crippen molar-refractivity contribution in [3.63, 3.8) is 0 Å². The second kappa shape index (κ2) is 7.13. The Bertz CT molecular complexity index is 265. The molecule has 1 saturated heterocycles. The van der Waals surface area contributed by atoms with Crippen LogP contribution in [-0.2, 0) is 4.79 Å². The van der Waals surface area contributed by atoms with E-state index in [0.29, 0.717) is 17.9 Å². The molecule has 3 nitrogen and oxygen atoms in total. The highest BCUT2D eigenvalue weighted by atomic mass is 16.2. The maximum absolute atomic E-state index is 12.5. The molecular formula is C15H30N2O. The van der Waals surface area contributed by atoms with Crippen LogP contribution < -0.4 is 5.32 Å². The molecule has 0 aromatic heterocycles. The molecule has 1 N–H and O–H groups in total. The van der Waals surface area contributed by atoms with Crippen LogP contribution in [0.2, 0.25) is 0 Å². The first-order chi connectivity index (χ1) is 8.52. The van der Waals surface area contributed by atoms with Crippen LogP contribution in [0.5, 0.6) is 0 Å². The smallest absolute Gasteiger partial charge is 0.241 e. The molecule has 0 aromatic carbocycles. The minimum atomic E-state index is 0.0148. The molecule has 1 amide bonds. The van der Waals surface area contributed by atoms with Crippen LogP contribution in [0, 0.1) is 5.92 Å². The van der Waals surface area contributed by atoms with Crippen molar-refractivity contribution in [2.75, 3.05) is 0 Å². The van der Waals surface area contributed by atoms with E-state index in [2.05, 4.69) is 44.8 Å². The summed E-state index contributed by atoms with van der Waals surface area (Å²) in [6.07, 6.45) is 6.04. The summed E-state index contributed by atoms with van der Waals surface area (Å²) in [5, 5.41) is 3.44. The monoisotopic (exact) mass is 254 g/mol. The lowest BCUT2D eigenvalue weighted by Crippen LogP contribution is -2.43. The molecule has 0 aliphatic carbocycles. The van der Waals surface area contributed by atoms with Gasteiger partial charge in [-0.05, 0) is 25.7 Å². The maximum atomic E-state index is 12.5. The minimum absolute atomic E-state index is 0.0148. The number of unbranched alkanes of at least 4 members (excludes halogenated alkanes) is 1. The lowest BCUT2D eigenvalue weighted by molar-refractivity contribution is -0.133. The summed E-state index contributed by atoms with van der Waals surface area (Å²) < 4.78 is 0. The zero-order chi connectivity index (χ0) is 13.7. The Balaban J connectivity index is 2.74. The maximum Gasteiger partial charge on any atom is 0.241 e. The average Bonchev–Trinajstić information content (AvgIpc) is 2.61. The summed E-state index contributed by atoms with van der Waals surface area (Å²) in [6, 6.07) is 0.440. The second-order valence-electron chi connectivity index (χ2n) is 5.89. The van der Waals surface area contributed by atoms with Gasteiger partial charge in [0.15, 0.2) is 0 Å². The quantitative estimate of drug-likeness (QED) is 0.757. The molecule has 1 aliphatic heterocycles. The Labute approximate surface area is 112 Å². The van der Waals surface area contributed by atoms with Gasteiger partial charge in [-0.3, -0.25) is 10.1 Å². The fourth-order valence-electron chi connectivity index (χ4n) is 2.93. The first-order valence-electron chi connectivity index (χ1n) is 7.61. The summed E-state index contributed by atoms with van der Waals surface area (Å²) in [5.41, 5.74) is 0. The van der Waals surface area contributed by atoms with E-state index in [1.165, 1.54) is 12.8 Å². The topological polar surface area (TPSA) is 32.3 Å². The zero-order valence-corrected chi connectivity index (χ0v) is 12.7. The van der Waals surface area contributed by atoms with Crippen molar-refractivity contribution in [3.05, 3.63) is 0 Å². The van der Waals surface area contributed by atoms with Crippen LogP contribution in [0.4, 0.5) is 0 Å². The van der Waals surface area contributed by atoms with Crippen molar-refractivity contribution in [3.8, 4) is 0 Å². The van der Waals surface area contributed by atoms with Gasteiger partial charge in [-0.25, -0.2) is 0 Å². The number of nitrogens with zero attached hydrogens (tertiary/aromatic N) is 1. The van der Waals surface area contributed by atoms with E-state index in [-0.39, 0.29) is 12.2 Å². The standard InChI is InChI=1S/C15H30N2O/c1-6-8-10-13(9-7-2)17-12(5)16-14(11(3)4)15(17)18/h11-14,16H,6-10H2,1-5H3. The molecule has 0 radical (unpaired) electrons. The molecule has 0 bridgehead atoms. The van der Waals surface area contributed by atoms with Crippen LogP contribution in [0.25, 0.3) is 0 Å². The summed E-state index contributed by atoms with van der Waals surface area (Å²) >= 11 is 0. The highest BCUT2D eigenvalue weighted by molar-refractivity contribution is 5.84. The van der Waals surface area contributed by atoms with Crippen molar-refractivity contribution in [1.29, 1.82) is 0 Å². The second-order valence-corrected chi connectivity index (χ2v) is 5.89. The molecule has 18 heavy (non-hydrogen) atoms. The molecule has 0 spiro atoms. The molecule has 0 aromatic rings. The van der Waals surface area contributed by atoms with E-state index in [1.807, 2.05) is 0 Å². The largest absolute Gasteiger partial charge is 0.323 e. The average molecular weight is 254 g/mol. The Morgan fingerprint density at radius 1 is 1.22 bits per heavy atom. The number of amides is 1. The molecule has 1 heterocycles. The van der Waals surface area contributed by atoms with Gasteiger partial charge in [-0.15, -0.1) is 0 Å². The van der Waals surface area contributed by atoms with Gasteiger partial charge < -0.3 is 4.90 Å². The summed E-state index contributed by atoms with van der Waals surface area (Å²) in [7, 11) is 0. The van der Waals surface area contributed by atoms with Crippen LogP contribution in [-0.4, -0.2) is 29.1 Å². The molecule has 1 fully saturated rings. The van der Waals surface area contributed by atoms with E-state index in [4.69, 9.17) is 0 Å². The number of carbonyl (C=O) groups is 1. The predicted octanol–water partition coefficient (Wildman–Crippen LogP) is 3.15. The predicted molar refractivity (Wildman–Crippen MR) is 76.3 cm³/mol. The fourth-order valence-corrected chi connectivity index (χ4v) is 2.93. The van der Waals surface area contributed by atoms with Crippen LogP contribution >= 0.6 is 0 Å². The first-order valence-corrected chi connectivity index (χ1v) is 7.61. The van der Waals surface area contributed by atoms with Gasteiger partial charge in [0, 0.05) is 6.04 Å². The van der Waals surface area contributed by atoms with Crippen LogP contribution in [0.15, 0.2) is 0 Å². The fraction of sp³-hybridized carbons (Fsp3) is 0.933. The molecule has 3 unspecified atom stereocenters. The van der Waals surface area contributed by atoms with Crippen molar-refractivity contribution in [1.82, 2.24) is 10.2 Å². The Kier molecular flexibility index (Phi) is 6.13. The number of nitrogens with one attached hydrogen (secondary N) is 1. The Morgan fingerprint density at radius 2 is 1.89 bits per heavy atom. The third kappa shape index (κ3) is 3.47. The van der Waals surface area contributed by atoms with Crippen molar-refractivity contribution in [2.24, 2.45) is 5.92 Å². The van der Waals surface area contributed by atoms with Gasteiger partial charge in [-0.1, -0.05) is 47.0 Å². The molecular weight excluding hydrogens is 224 g/mol. The van der Waals surface area contributed by atoms with E-state index >= 15 is 0 Å². The third-order valence-corrected chi connectivity index (χ3v) is 3.93. The lowest BCUT2D eigenvalue weighted by atomic mass is 10.0. The van der Waals surface area contributed by atoms with Crippen LogP contribution in [0.1, 0.15) is 66.7 Å². The molecule has 3 heteroatoms. The van der Waals surface area contributed by atoms with Gasteiger partial charge in [0.1, 0.15) is 0 Å². The summed E-state index contributed by atoms with van der Waals surface area (Å²) in [4.78, 5) is 14.6. The Hall–Kier alpha value is -0.570. The van der Waals surface area contributed by atoms with Gasteiger partial charge in [-0.2, -0.15) is 0 Å². The Morgan fingerprint density at radius 3 is 2.33 bits per heavy atom. The first kappa shape index (κ1) is 15.5. The molecule has 0 saturated carbocycles. The number of hydrogen-bond donors (Lipinski definition) is 1. The van der Waals surface area contributed by atoms with Crippen molar-refractivity contribution < 1.29 is 4.79 Å². The number of rotatable bonds is 7. The third-order valence-electron chi connectivity index (χ3n) is 3.93. The molecule has 1 rings (SSSR count). The van der Waals surface area contributed by atoms with Crippen molar-refractivity contribution >= 4 is 5.91 Å². The van der Waals surface area contributed by atoms with Crippen LogP contribution in [0.3, 0.4) is 0 Å². The lowest BCUT2D eigenvalue weighted by Gasteiger charge is -2.31. The molecule has 3 atom stereocenters. The van der Waals surface area contributed by atoms with Crippen molar-refractivity contribution in [2.45, 2.75) is 85.0 Å². The van der Waals surface area contributed by atoms with E-state index in [1.54, 1.807) is 0 Å². The van der Waals surface area contributed by atoms with E-state index < -0.39 is 0 Å². The summed E-state index contributed by atoms with van der Waals surface area (Å²) in [5.74, 6) is 0.686. The number of carbonyl (C=O) groups excluding carboxylic acids is 1.